The van der Waals surface area contributed by atoms with Crippen molar-refractivity contribution in [2.24, 2.45) is 0 Å². The van der Waals surface area contributed by atoms with Gasteiger partial charge in [0.1, 0.15) is 0 Å². The van der Waals surface area contributed by atoms with Crippen LogP contribution < -0.4 is 11.1 Å². The van der Waals surface area contributed by atoms with Gasteiger partial charge in [0.15, 0.2) is 0 Å². The molecule has 0 amide bonds. The lowest BCUT2D eigenvalue weighted by Crippen LogP contribution is -1.97. The first-order valence-electron chi connectivity index (χ1n) is 3.38. The fraction of sp³-hybridized carbons (Fsp3) is 0.250. The lowest BCUT2D eigenvalue weighted by molar-refractivity contribution is 1.43. The number of benzene rings is 1. The molecule has 1 aromatic carbocycles. The summed E-state index contributed by atoms with van der Waals surface area (Å²) >= 11 is 5.81. The van der Waals surface area contributed by atoms with E-state index in [2.05, 4.69) is 5.32 Å². The summed E-state index contributed by atoms with van der Waals surface area (Å²) in [5.41, 5.74) is 8.39. The molecular formula is C8H12Cl2N2. The molecule has 0 fully saturated rings. The molecule has 0 heterocycles. The number of nitrogens with two attached hydrogens (primary N) is 1. The highest BCUT2D eigenvalue weighted by atomic mass is 35.5. The molecule has 0 aromatic heterocycles. The molecule has 2 nitrogen and oxygen atoms in total. The van der Waals surface area contributed by atoms with Crippen LogP contribution in [0.2, 0.25) is 5.02 Å². The molecule has 0 saturated carbocycles. The molecule has 4 heteroatoms. The van der Waals surface area contributed by atoms with Crippen molar-refractivity contribution in [3.05, 3.63) is 22.7 Å². The van der Waals surface area contributed by atoms with Crippen LogP contribution in [0.3, 0.4) is 0 Å². The zero-order valence-corrected chi connectivity index (χ0v) is 8.59. The van der Waals surface area contributed by atoms with Crippen LogP contribution in [-0.4, -0.2) is 7.05 Å². The fourth-order valence-corrected chi connectivity index (χ4v) is 1.23. The average molecular weight is 207 g/mol. The van der Waals surface area contributed by atoms with Gasteiger partial charge in [0.05, 0.1) is 11.4 Å². The number of anilines is 2. The Morgan fingerprint density at radius 1 is 1.42 bits per heavy atom. The summed E-state index contributed by atoms with van der Waals surface area (Å²) < 4.78 is 0. The largest absolute Gasteiger partial charge is 0.397 e. The maximum absolute atomic E-state index is 5.81. The fourth-order valence-electron chi connectivity index (χ4n) is 0.961. The summed E-state index contributed by atoms with van der Waals surface area (Å²) in [6.07, 6.45) is 0. The molecule has 0 unspecified atom stereocenters. The molecule has 0 atom stereocenters. The molecule has 12 heavy (non-hydrogen) atoms. The monoisotopic (exact) mass is 206 g/mol. The number of nitrogens with one attached hydrogen (secondary N) is 1. The predicted molar refractivity (Wildman–Crippen MR) is 57.4 cm³/mol. The molecule has 0 aliphatic carbocycles. The van der Waals surface area contributed by atoms with Crippen molar-refractivity contribution < 1.29 is 0 Å². The van der Waals surface area contributed by atoms with Crippen LogP contribution in [0.1, 0.15) is 5.56 Å². The van der Waals surface area contributed by atoms with Gasteiger partial charge in [-0.25, -0.2) is 0 Å². The van der Waals surface area contributed by atoms with Crippen LogP contribution in [0.15, 0.2) is 12.1 Å². The Morgan fingerprint density at radius 2 is 2.00 bits per heavy atom. The van der Waals surface area contributed by atoms with Crippen molar-refractivity contribution in [3.8, 4) is 0 Å². The topological polar surface area (TPSA) is 38.0 Å². The number of halogens is 2. The van der Waals surface area contributed by atoms with Gasteiger partial charge < -0.3 is 11.1 Å². The van der Waals surface area contributed by atoms with Gasteiger partial charge >= 0.3 is 0 Å². The summed E-state index contributed by atoms with van der Waals surface area (Å²) in [6, 6.07) is 3.65. The molecule has 0 radical (unpaired) electrons. The minimum absolute atomic E-state index is 0. The predicted octanol–water partition coefficient (Wildman–Crippen LogP) is 2.69. The first-order chi connectivity index (χ1) is 5.15. The second kappa shape index (κ2) is 4.43. The van der Waals surface area contributed by atoms with E-state index in [0.29, 0.717) is 5.02 Å². The number of aryl methyl sites for hydroxylation is 1. The summed E-state index contributed by atoms with van der Waals surface area (Å²) in [6.45, 7) is 1.93. The second-order valence-electron chi connectivity index (χ2n) is 2.43. The van der Waals surface area contributed by atoms with Gasteiger partial charge in [-0.2, -0.15) is 0 Å². The van der Waals surface area contributed by atoms with Crippen molar-refractivity contribution in [1.29, 1.82) is 0 Å². The Bertz CT molecular complexity index is 274. The Kier molecular flexibility index (Phi) is 4.21. The number of hydrogen-bond donors (Lipinski definition) is 2. The van der Waals surface area contributed by atoms with E-state index < -0.39 is 0 Å². The molecule has 68 valence electrons. The molecule has 0 saturated heterocycles. The maximum atomic E-state index is 5.81. The SMILES string of the molecule is CNc1cc(Cl)cc(C)c1N.Cl. The first kappa shape index (κ1) is 11.4. The van der Waals surface area contributed by atoms with Crippen molar-refractivity contribution in [2.45, 2.75) is 6.92 Å². The Labute approximate surface area is 83.5 Å². The molecule has 1 rings (SSSR count). The van der Waals surface area contributed by atoms with Crippen molar-refractivity contribution in [3.63, 3.8) is 0 Å². The van der Waals surface area contributed by atoms with Crippen LogP contribution in [-0.2, 0) is 0 Å². The third-order valence-electron chi connectivity index (χ3n) is 1.62. The van der Waals surface area contributed by atoms with Gasteiger partial charge in [0, 0.05) is 12.1 Å². The normalized spacial score (nSPS) is 8.92. The van der Waals surface area contributed by atoms with Crippen LogP contribution in [0.25, 0.3) is 0 Å². The van der Waals surface area contributed by atoms with Gasteiger partial charge in [0.25, 0.3) is 0 Å². The van der Waals surface area contributed by atoms with Gasteiger partial charge in [-0.15, -0.1) is 12.4 Å². The smallest absolute Gasteiger partial charge is 0.0589 e. The summed E-state index contributed by atoms with van der Waals surface area (Å²) in [7, 11) is 1.82. The highest BCUT2D eigenvalue weighted by Gasteiger charge is 2.01. The van der Waals surface area contributed by atoms with Gasteiger partial charge in [-0.05, 0) is 24.6 Å². The van der Waals surface area contributed by atoms with E-state index in [1.54, 1.807) is 0 Å². The van der Waals surface area contributed by atoms with E-state index in [4.69, 9.17) is 17.3 Å². The minimum Gasteiger partial charge on any atom is -0.397 e. The van der Waals surface area contributed by atoms with Crippen LogP contribution >= 0.6 is 24.0 Å². The van der Waals surface area contributed by atoms with Crippen molar-refractivity contribution >= 4 is 35.4 Å². The van der Waals surface area contributed by atoms with E-state index in [-0.39, 0.29) is 12.4 Å². The third kappa shape index (κ3) is 2.19. The zero-order valence-electron chi connectivity index (χ0n) is 7.02. The standard InChI is InChI=1S/C8H11ClN2.ClH/c1-5-3-6(9)4-7(11-2)8(5)10;/h3-4,11H,10H2,1-2H3;1H. The summed E-state index contributed by atoms with van der Waals surface area (Å²) in [4.78, 5) is 0. The summed E-state index contributed by atoms with van der Waals surface area (Å²) in [5, 5.41) is 3.68. The summed E-state index contributed by atoms with van der Waals surface area (Å²) in [5.74, 6) is 0. The van der Waals surface area contributed by atoms with Gasteiger partial charge in [-0.3, -0.25) is 0 Å². The van der Waals surface area contributed by atoms with E-state index >= 15 is 0 Å². The number of hydrogen-bond acceptors (Lipinski definition) is 2. The number of nitrogen functional groups attached to an aromatic ring is 1. The Morgan fingerprint density at radius 3 is 2.50 bits per heavy atom. The first-order valence-corrected chi connectivity index (χ1v) is 3.76. The average Bonchev–Trinajstić information content (AvgIpc) is 1.96. The quantitative estimate of drug-likeness (QED) is 0.694. The van der Waals surface area contributed by atoms with Crippen molar-refractivity contribution in [1.82, 2.24) is 0 Å². The Balaban J connectivity index is 0.00000121. The highest BCUT2D eigenvalue weighted by molar-refractivity contribution is 6.31. The van der Waals surface area contributed by atoms with Crippen LogP contribution in [0.4, 0.5) is 11.4 Å². The van der Waals surface area contributed by atoms with E-state index in [0.717, 1.165) is 16.9 Å². The van der Waals surface area contributed by atoms with Crippen molar-refractivity contribution in [2.75, 3.05) is 18.1 Å². The molecule has 1 aromatic rings. The molecule has 3 N–H and O–H groups in total. The van der Waals surface area contributed by atoms with E-state index in [1.807, 2.05) is 26.1 Å². The number of rotatable bonds is 1. The second-order valence-corrected chi connectivity index (χ2v) is 2.87. The lowest BCUT2D eigenvalue weighted by atomic mass is 10.2. The molecule has 0 aliphatic heterocycles. The van der Waals surface area contributed by atoms with Gasteiger partial charge in [0.2, 0.25) is 0 Å². The Hall–Kier alpha value is -0.600. The molecule has 0 spiro atoms. The third-order valence-corrected chi connectivity index (χ3v) is 1.84. The minimum atomic E-state index is 0. The molecule has 0 bridgehead atoms. The maximum Gasteiger partial charge on any atom is 0.0589 e. The van der Waals surface area contributed by atoms with Crippen LogP contribution in [0.5, 0.6) is 0 Å². The van der Waals surface area contributed by atoms with E-state index in [1.165, 1.54) is 0 Å². The van der Waals surface area contributed by atoms with Gasteiger partial charge in [-0.1, -0.05) is 11.6 Å². The lowest BCUT2D eigenvalue weighted by Gasteiger charge is -2.07. The molecular weight excluding hydrogens is 195 g/mol. The highest BCUT2D eigenvalue weighted by Crippen LogP contribution is 2.26. The zero-order chi connectivity index (χ0) is 8.43. The molecule has 0 aliphatic rings. The van der Waals surface area contributed by atoms with E-state index in [9.17, 15) is 0 Å². The van der Waals surface area contributed by atoms with Crippen LogP contribution in [0, 0.1) is 6.92 Å².